The number of benzene rings is 1. The van der Waals surface area contributed by atoms with Crippen LogP contribution in [0, 0.1) is 17.8 Å². The predicted octanol–water partition coefficient (Wildman–Crippen LogP) is 2.68. The van der Waals surface area contributed by atoms with Crippen molar-refractivity contribution in [2.45, 2.75) is 51.6 Å². The summed E-state index contributed by atoms with van der Waals surface area (Å²) in [5.74, 6) is 1.09. The fourth-order valence-electron chi connectivity index (χ4n) is 4.93. The van der Waals surface area contributed by atoms with E-state index in [0.717, 1.165) is 31.4 Å². The number of carbonyl (C=O) groups excluding carboxylic acids is 2. The van der Waals surface area contributed by atoms with Gasteiger partial charge in [0.2, 0.25) is 5.91 Å². The zero-order valence-electron chi connectivity index (χ0n) is 17.2. The summed E-state index contributed by atoms with van der Waals surface area (Å²) in [4.78, 5) is 29.5. The van der Waals surface area contributed by atoms with Crippen LogP contribution in [-0.2, 0) is 10.2 Å². The van der Waals surface area contributed by atoms with E-state index in [0.29, 0.717) is 31.5 Å². The quantitative estimate of drug-likeness (QED) is 0.853. The third kappa shape index (κ3) is 3.57. The van der Waals surface area contributed by atoms with E-state index in [-0.39, 0.29) is 29.3 Å². The molecule has 2 aliphatic heterocycles. The van der Waals surface area contributed by atoms with Crippen LogP contribution in [-0.4, -0.2) is 59.0 Å². The first-order valence-corrected chi connectivity index (χ1v) is 10.6. The van der Waals surface area contributed by atoms with E-state index in [1.165, 1.54) is 5.56 Å². The number of likely N-dealkylation sites (tertiary alicyclic amines) is 2. The summed E-state index contributed by atoms with van der Waals surface area (Å²) in [6.45, 7) is 9.29. The minimum absolute atomic E-state index is 0.0157. The summed E-state index contributed by atoms with van der Waals surface area (Å²) in [6, 6.07) is 7.93. The molecule has 2 saturated heterocycles. The van der Waals surface area contributed by atoms with Gasteiger partial charge in [-0.1, -0.05) is 32.9 Å². The number of hydrogen-bond acceptors (Lipinski definition) is 3. The number of piperidine rings is 1. The summed E-state index contributed by atoms with van der Waals surface area (Å²) < 4.78 is 0. The normalized spacial score (nSPS) is 28.1. The van der Waals surface area contributed by atoms with E-state index >= 15 is 0 Å². The number of aliphatic hydroxyl groups is 1. The lowest BCUT2D eigenvalue weighted by Gasteiger charge is -2.34. The maximum absolute atomic E-state index is 12.8. The molecule has 0 spiro atoms. The molecule has 0 aromatic heterocycles. The Labute approximate surface area is 167 Å². The van der Waals surface area contributed by atoms with Crippen molar-refractivity contribution in [1.29, 1.82) is 0 Å². The van der Waals surface area contributed by atoms with Crippen LogP contribution < -0.4 is 0 Å². The van der Waals surface area contributed by atoms with Crippen LogP contribution in [0.2, 0.25) is 0 Å². The highest BCUT2D eigenvalue weighted by Crippen LogP contribution is 2.41. The lowest BCUT2D eigenvalue weighted by Crippen LogP contribution is -2.44. The minimum atomic E-state index is -0.216. The topological polar surface area (TPSA) is 60.9 Å². The van der Waals surface area contributed by atoms with Gasteiger partial charge >= 0.3 is 0 Å². The van der Waals surface area contributed by atoms with Crippen molar-refractivity contribution >= 4 is 11.8 Å². The Kier molecular flexibility index (Phi) is 4.98. The molecule has 0 bridgehead atoms. The summed E-state index contributed by atoms with van der Waals surface area (Å²) in [7, 11) is 0. The molecule has 1 aromatic rings. The minimum Gasteiger partial charge on any atom is -0.393 e. The van der Waals surface area contributed by atoms with E-state index in [4.69, 9.17) is 0 Å². The van der Waals surface area contributed by atoms with Gasteiger partial charge in [-0.15, -0.1) is 0 Å². The van der Waals surface area contributed by atoms with Gasteiger partial charge in [0.25, 0.3) is 5.91 Å². The number of rotatable bonds is 2. The second-order valence-electron chi connectivity index (χ2n) is 9.86. The summed E-state index contributed by atoms with van der Waals surface area (Å²) >= 11 is 0. The molecule has 152 valence electrons. The first-order chi connectivity index (χ1) is 13.2. The maximum Gasteiger partial charge on any atom is 0.253 e. The Hall–Kier alpha value is -1.88. The first-order valence-electron chi connectivity index (χ1n) is 10.6. The van der Waals surface area contributed by atoms with Crippen LogP contribution in [0.4, 0.5) is 0 Å². The van der Waals surface area contributed by atoms with Gasteiger partial charge in [0, 0.05) is 43.6 Å². The molecule has 1 aliphatic carbocycles. The fraction of sp³-hybridized carbons (Fsp3) is 0.652. The molecule has 0 radical (unpaired) electrons. The molecule has 1 aromatic carbocycles. The van der Waals surface area contributed by atoms with Crippen LogP contribution in [0.25, 0.3) is 0 Å². The second kappa shape index (κ2) is 7.18. The van der Waals surface area contributed by atoms with Crippen molar-refractivity contribution in [2.75, 3.05) is 26.2 Å². The first kappa shape index (κ1) is 19.4. The molecular weight excluding hydrogens is 352 g/mol. The number of amides is 2. The predicted molar refractivity (Wildman–Crippen MR) is 108 cm³/mol. The number of hydrogen-bond donors (Lipinski definition) is 1. The van der Waals surface area contributed by atoms with Crippen molar-refractivity contribution in [2.24, 2.45) is 17.8 Å². The third-order valence-corrected chi connectivity index (χ3v) is 6.97. The Morgan fingerprint density at radius 3 is 2.18 bits per heavy atom. The van der Waals surface area contributed by atoms with Crippen LogP contribution in [0.3, 0.4) is 0 Å². The van der Waals surface area contributed by atoms with Gasteiger partial charge < -0.3 is 14.9 Å². The molecule has 5 nitrogen and oxygen atoms in total. The van der Waals surface area contributed by atoms with Crippen LogP contribution in [0.5, 0.6) is 0 Å². The second-order valence-corrected chi connectivity index (χ2v) is 9.86. The zero-order valence-corrected chi connectivity index (χ0v) is 17.2. The highest BCUT2D eigenvalue weighted by Gasteiger charge is 2.48. The summed E-state index contributed by atoms with van der Waals surface area (Å²) in [6.07, 6.45) is 2.10. The highest BCUT2D eigenvalue weighted by molar-refractivity contribution is 5.94. The Morgan fingerprint density at radius 2 is 1.64 bits per heavy atom. The smallest absolute Gasteiger partial charge is 0.253 e. The van der Waals surface area contributed by atoms with E-state index < -0.39 is 0 Å². The Bertz CT molecular complexity index is 744. The van der Waals surface area contributed by atoms with Gasteiger partial charge in [-0.3, -0.25) is 9.59 Å². The average molecular weight is 385 g/mol. The van der Waals surface area contributed by atoms with Gasteiger partial charge in [-0.05, 0) is 48.3 Å². The van der Waals surface area contributed by atoms with E-state index in [1.54, 1.807) is 0 Å². The van der Waals surface area contributed by atoms with Gasteiger partial charge in [0.15, 0.2) is 0 Å². The average Bonchev–Trinajstić information content (AvgIpc) is 3.03. The monoisotopic (exact) mass is 384 g/mol. The zero-order chi connectivity index (χ0) is 20.1. The largest absolute Gasteiger partial charge is 0.393 e. The van der Waals surface area contributed by atoms with Gasteiger partial charge in [-0.25, -0.2) is 0 Å². The lowest BCUT2D eigenvalue weighted by atomic mass is 9.74. The molecule has 4 rings (SSSR count). The number of aliphatic hydroxyl groups excluding tert-OH is 1. The molecule has 2 heterocycles. The number of fused-ring (bicyclic) bond motifs is 1. The Morgan fingerprint density at radius 1 is 1.00 bits per heavy atom. The van der Waals surface area contributed by atoms with Crippen molar-refractivity contribution in [3.05, 3.63) is 35.4 Å². The van der Waals surface area contributed by atoms with Crippen molar-refractivity contribution < 1.29 is 14.7 Å². The molecular formula is C23H32N2O3. The van der Waals surface area contributed by atoms with Crippen LogP contribution >= 0.6 is 0 Å². The van der Waals surface area contributed by atoms with E-state index in [9.17, 15) is 14.7 Å². The van der Waals surface area contributed by atoms with E-state index in [1.807, 2.05) is 34.1 Å². The molecule has 5 heteroatoms. The highest BCUT2D eigenvalue weighted by atomic mass is 16.3. The van der Waals surface area contributed by atoms with Crippen molar-refractivity contribution in [3.63, 3.8) is 0 Å². The lowest BCUT2D eigenvalue weighted by molar-refractivity contribution is -0.136. The van der Waals surface area contributed by atoms with Gasteiger partial charge in [-0.2, -0.15) is 0 Å². The fourth-order valence-corrected chi connectivity index (χ4v) is 4.93. The van der Waals surface area contributed by atoms with Crippen molar-refractivity contribution in [3.8, 4) is 0 Å². The molecule has 3 fully saturated rings. The SMILES string of the molecule is CC(C)(C)c1ccc(C(=O)N2CCC(C(=O)N3C[C@H]4C[C@H](O)[C@H]4C3)CC2)cc1. The van der Waals surface area contributed by atoms with Gasteiger partial charge in [0.05, 0.1) is 6.10 Å². The molecule has 1 saturated carbocycles. The third-order valence-electron chi connectivity index (χ3n) is 6.97. The summed E-state index contributed by atoms with van der Waals surface area (Å²) in [5, 5.41) is 9.81. The summed E-state index contributed by atoms with van der Waals surface area (Å²) in [5.41, 5.74) is 2.02. The maximum atomic E-state index is 12.8. The Balaban J connectivity index is 1.31. The number of carbonyl (C=O) groups is 2. The standard InChI is InChI=1S/C23H32N2O3/c1-23(2,3)18-6-4-15(5-7-18)21(27)24-10-8-16(9-11-24)22(28)25-13-17-12-20(26)19(17)14-25/h4-7,16-17,19-20,26H,8-14H2,1-3H3/t17-,19+,20+/m1/s1. The van der Waals surface area contributed by atoms with Crippen molar-refractivity contribution in [1.82, 2.24) is 9.80 Å². The van der Waals surface area contributed by atoms with E-state index in [2.05, 4.69) is 20.8 Å². The molecule has 28 heavy (non-hydrogen) atoms. The number of nitrogens with zero attached hydrogens (tertiary/aromatic N) is 2. The molecule has 3 atom stereocenters. The molecule has 3 aliphatic rings. The van der Waals surface area contributed by atoms with Gasteiger partial charge in [0.1, 0.15) is 0 Å². The van der Waals surface area contributed by atoms with Crippen LogP contribution in [0.1, 0.15) is 56.0 Å². The molecule has 1 N–H and O–H groups in total. The van der Waals surface area contributed by atoms with Crippen LogP contribution in [0.15, 0.2) is 24.3 Å². The molecule has 0 unspecified atom stereocenters. The molecule has 2 amide bonds.